The van der Waals surface area contributed by atoms with E-state index in [0.29, 0.717) is 17.2 Å². The fraction of sp³-hybridized carbons (Fsp3) is 0.700. The fourth-order valence-electron chi connectivity index (χ4n) is 3.28. The molecule has 32 heavy (non-hydrogen) atoms. The molecule has 0 aromatic carbocycles. The molecular weight excluding hydrogens is 429 g/mol. The van der Waals surface area contributed by atoms with E-state index in [0.717, 1.165) is 12.8 Å². The van der Waals surface area contributed by atoms with Gasteiger partial charge in [0.25, 0.3) is 5.56 Å². The van der Waals surface area contributed by atoms with Crippen molar-refractivity contribution >= 4 is 11.9 Å². The number of esters is 1. The quantitative estimate of drug-likeness (QED) is 0.271. The van der Waals surface area contributed by atoms with Crippen LogP contribution in [-0.2, 0) is 19.1 Å². The van der Waals surface area contributed by atoms with Gasteiger partial charge in [0.2, 0.25) is 11.7 Å². The molecule has 1 fully saturated rings. The van der Waals surface area contributed by atoms with Crippen molar-refractivity contribution in [1.82, 2.24) is 14.9 Å². The van der Waals surface area contributed by atoms with Crippen LogP contribution in [0.25, 0.3) is 0 Å². The number of nitrogens with one attached hydrogen (secondary N) is 2. The van der Waals surface area contributed by atoms with E-state index in [2.05, 4.69) is 5.32 Å². The smallest absolute Gasteiger partial charge is 0.330 e. The van der Waals surface area contributed by atoms with Gasteiger partial charge in [-0.2, -0.15) is 4.39 Å². The van der Waals surface area contributed by atoms with E-state index < -0.39 is 60.2 Å². The molecule has 2 heterocycles. The molecule has 11 nitrogen and oxygen atoms in total. The molecule has 0 radical (unpaired) electrons. The number of carbonyl (C=O) groups is 2. The van der Waals surface area contributed by atoms with Gasteiger partial charge >= 0.3 is 11.7 Å². The number of H-pyrrole nitrogens is 1. The summed E-state index contributed by atoms with van der Waals surface area (Å²) in [6.45, 7) is 4.99. The summed E-state index contributed by atoms with van der Waals surface area (Å²) in [5.74, 6) is -2.57. The minimum atomic E-state index is -1.65. The zero-order chi connectivity index (χ0) is 24.0. The average Bonchev–Trinajstić information content (AvgIpc) is 3.01. The molecule has 1 saturated heterocycles. The van der Waals surface area contributed by atoms with Crippen molar-refractivity contribution in [2.75, 3.05) is 6.61 Å². The van der Waals surface area contributed by atoms with Crippen LogP contribution in [0.3, 0.4) is 0 Å². The van der Waals surface area contributed by atoms with Crippen molar-refractivity contribution in [3.05, 3.63) is 32.9 Å². The maximum atomic E-state index is 13.5. The van der Waals surface area contributed by atoms with Gasteiger partial charge in [-0.15, -0.1) is 0 Å². The van der Waals surface area contributed by atoms with Gasteiger partial charge in [0, 0.05) is 6.42 Å². The molecule has 1 aliphatic rings. The standard InChI is InChI=1S/C20H30FN3O8/c1-4-5-6-7-13(25)22-14(10(2)3)19(29)31-9-12-15(26)16(27)18(32-12)24-8-11(21)17(28)23-20(24)30/h8,10,12,14-16,18,26-27H,4-7,9H2,1-3H3,(H,22,25)(H,23,28,30)/t12-,14+,15-,16-,18-/m1/s1. The second-order valence-electron chi connectivity index (χ2n) is 8.07. The van der Waals surface area contributed by atoms with Gasteiger partial charge < -0.3 is 25.0 Å². The molecule has 1 aromatic rings. The number of ether oxygens (including phenoxy) is 2. The third-order valence-corrected chi connectivity index (χ3v) is 5.17. The van der Waals surface area contributed by atoms with E-state index in [-0.39, 0.29) is 18.2 Å². The summed E-state index contributed by atoms with van der Waals surface area (Å²) in [4.78, 5) is 49.4. The topological polar surface area (TPSA) is 160 Å². The number of aliphatic hydroxyl groups is 2. The van der Waals surface area contributed by atoms with Crippen LogP contribution in [0.2, 0.25) is 0 Å². The summed E-state index contributed by atoms with van der Waals surface area (Å²) >= 11 is 0. The SMILES string of the molecule is CCCCCC(=O)N[C@H](C(=O)OC[C@H]1O[C@@H](n2cc(F)c(=O)[nH]c2=O)[C@H](O)[C@@H]1O)C(C)C. The number of aromatic amines is 1. The number of hydrogen-bond acceptors (Lipinski definition) is 8. The highest BCUT2D eigenvalue weighted by atomic mass is 19.1. The lowest BCUT2D eigenvalue weighted by Gasteiger charge is -2.22. The van der Waals surface area contributed by atoms with Crippen LogP contribution >= 0.6 is 0 Å². The molecular formula is C20H30FN3O8. The van der Waals surface area contributed by atoms with Crippen LogP contribution in [0.1, 0.15) is 52.7 Å². The lowest BCUT2D eigenvalue weighted by molar-refractivity contribution is -0.155. The molecule has 0 aliphatic carbocycles. The first-order valence-electron chi connectivity index (χ1n) is 10.5. The van der Waals surface area contributed by atoms with Crippen LogP contribution in [-0.4, -0.2) is 62.6 Å². The molecule has 0 saturated carbocycles. The van der Waals surface area contributed by atoms with Crippen molar-refractivity contribution in [2.45, 2.75) is 77.0 Å². The van der Waals surface area contributed by atoms with E-state index in [4.69, 9.17) is 9.47 Å². The monoisotopic (exact) mass is 459 g/mol. The van der Waals surface area contributed by atoms with E-state index in [1.54, 1.807) is 18.8 Å². The van der Waals surface area contributed by atoms with E-state index >= 15 is 0 Å². The van der Waals surface area contributed by atoms with Gasteiger partial charge in [0.05, 0.1) is 6.20 Å². The molecule has 0 bridgehead atoms. The van der Waals surface area contributed by atoms with E-state index in [9.17, 15) is 33.8 Å². The molecule has 0 unspecified atom stereocenters. The van der Waals surface area contributed by atoms with Gasteiger partial charge in [-0.25, -0.2) is 9.59 Å². The van der Waals surface area contributed by atoms with Crippen molar-refractivity contribution in [3.8, 4) is 0 Å². The lowest BCUT2D eigenvalue weighted by atomic mass is 10.0. The summed E-state index contributed by atoms with van der Waals surface area (Å²) in [6, 6.07) is -0.917. The van der Waals surface area contributed by atoms with E-state index in [1.807, 2.05) is 6.92 Å². The molecule has 5 atom stereocenters. The molecule has 1 amide bonds. The summed E-state index contributed by atoms with van der Waals surface area (Å²) in [5.41, 5.74) is -2.28. The Morgan fingerprint density at radius 2 is 1.97 bits per heavy atom. The number of hydrogen-bond donors (Lipinski definition) is 4. The third-order valence-electron chi connectivity index (χ3n) is 5.17. The number of aliphatic hydroxyl groups excluding tert-OH is 2. The molecule has 0 spiro atoms. The number of halogens is 1. The summed E-state index contributed by atoms with van der Waals surface area (Å²) in [6.07, 6.45) is -2.55. The molecule has 180 valence electrons. The average molecular weight is 459 g/mol. The Bertz CT molecular complexity index is 915. The molecule has 1 aromatic heterocycles. The minimum Gasteiger partial charge on any atom is -0.461 e. The molecule has 1 aliphatic heterocycles. The number of nitrogens with zero attached hydrogens (tertiary/aromatic N) is 1. The number of carbonyl (C=O) groups excluding carboxylic acids is 2. The van der Waals surface area contributed by atoms with Gasteiger partial charge in [0.15, 0.2) is 6.23 Å². The van der Waals surface area contributed by atoms with Crippen molar-refractivity contribution < 1.29 is 33.7 Å². The number of amides is 1. The van der Waals surface area contributed by atoms with Crippen molar-refractivity contribution in [1.29, 1.82) is 0 Å². The first kappa shape index (κ1) is 25.7. The Labute approximate surface area is 183 Å². The number of unbranched alkanes of at least 4 members (excludes halogenated alkanes) is 2. The summed E-state index contributed by atoms with van der Waals surface area (Å²) in [7, 11) is 0. The molecule has 2 rings (SSSR count). The lowest BCUT2D eigenvalue weighted by Crippen LogP contribution is -2.46. The highest BCUT2D eigenvalue weighted by molar-refractivity contribution is 5.84. The summed E-state index contributed by atoms with van der Waals surface area (Å²) in [5, 5.41) is 23.1. The Hall–Kier alpha value is -2.57. The zero-order valence-corrected chi connectivity index (χ0v) is 18.2. The Morgan fingerprint density at radius 1 is 1.28 bits per heavy atom. The number of aromatic nitrogens is 2. The van der Waals surface area contributed by atoms with Gasteiger partial charge in [-0.1, -0.05) is 33.6 Å². The predicted octanol–water partition coefficient (Wildman–Crippen LogP) is -0.441. The molecule has 4 N–H and O–H groups in total. The van der Waals surface area contributed by atoms with Crippen LogP contribution in [0, 0.1) is 11.7 Å². The Kier molecular flexibility index (Phi) is 9.10. The molecule has 12 heteroatoms. The maximum Gasteiger partial charge on any atom is 0.330 e. The first-order chi connectivity index (χ1) is 15.1. The van der Waals surface area contributed by atoms with Crippen LogP contribution < -0.4 is 16.6 Å². The van der Waals surface area contributed by atoms with Gasteiger partial charge in [-0.05, 0) is 12.3 Å². The normalized spacial score (nSPS) is 23.8. The first-order valence-corrected chi connectivity index (χ1v) is 10.5. The number of rotatable bonds is 10. The van der Waals surface area contributed by atoms with Gasteiger partial charge in [-0.3, -0.25) is 19.1 Å². The second-order valence-corrected chi connectivity index (χ2v) is 8.07. The second kappa shape index (κ2) is 11.3. The highest BCUT2D eigenvalue weighted by Crippen LogP contribution is 2.28. The van der Waals surface area contributed by atoms with Crippen LogP contribution in [0.15, 0.2) is 15.8 Å². The fourth-order valence-corrected chi connectivity index (χ4v) is 3.28. The van der Waals surface area contributed by atoms with Crippen molar-refractivity contribution in [3.63, 3.8) is 0 Å². The minimum absolute atomic E-state index is 0.270. The highest BCUT2D eigenvalue weighted by Gasteiger charge is 2.45. The summed E-state index contributed by atoms with van der Waals surface area (Å²) < 4.78 is 24.7. The van der Waals surface area contributed by atoms with Gasteiger partial charge in [0.1, 0.15) is 31.0 Å². The zero-order valence-electron chi connectivity index (χ0n) is 18.2. The van der Waals surface area contributed by atoms with E-state index in [1.165, 1.54) is 0 Å². The third kappa shape index (κ3) is 6.24. The maximum absolute atomic E-state index is 13.5. The predicted molar refractivity (Wildman–Crippen MR) is 109 cm³/mol. The van der Waals surface area contributed by atoms with Crippen LogP contribution in [0.5, 0.6) is 0 Å². The Morgan fingerprint density at radius 3 is 2.59 bits per heavy atom. The van der Waals surface area contributed by atoms with Crippen molar-refractivity contribution in [2.24, 2.45) is 5.92 Å². The van der Waals surface area contributed by atoms with Crippen LogP contribution in [0.4, 0.5) is 4.39 Å². The Balaban J connectivity index is 2.00. The largest absolute Gasteiger partial charge is 0.461 e.